The van der Waals surface area contributed by atoms with Crippen LogP contribution in [0.1, 0.15) is 48.4 Å². The van der Waals surface area contributed by atoms with Gasteiger partial charge in [0.1, 0.15) is 54.1 Å². The van der Waals surface area contributed by atoms with Gasteiger partial charge in [-0.15, -0.1) is 0 Å². The van der Waals surface area contributed by atoms with Crippen LogP contribution >= 0.6 is 17.2 Å². The van der Waals surface area contributed by atoms with Gasteiger partial charge in [0.2, 0.25) is 0 Å². The smallest absolute Gasteiger partial charge is 0.497 e. The zero-order chi connectivity index (χ0) is 48.1. The summed E-state index contributed by atoms with van der Waals surface area (Å²) in [7, 11) is -1.50. The molecule has 0 saturated carbocycles. The van der Waals surface area contributed by atoms with Crippen molar-refractivity contribution in [3.63, 3.8) is 0 Å². The van der Waals surface area contributed by atoms with Crippen molar-refractivity contribution >= 4 is 47.2 Å². The van der Waals surface area contributed by atoms with Gasteiger partial charge in [0.15, 0.2) is 34.6 Å². The van der Waals surface area contributed by atoms with E-state index in [0.717, 1.165) is 10.4 Å². The lowest BCUT2D eigenvalue weighted by atomic mass is 10.1. The van der Waals surface area contributed by atoms with Crippen LogP contribution in [-0.2, 0) is 0 Å². The monoisotopic (exact) mass is 968 g/mol. The Labute approximate surface area is 394 Å². The summed E-state index contributed by atoms with van der Waals surface area (Å²) in [5.74, 6) is 4.31. The number of hydrogen-bond acceptors (Lipinski definition) is 14. The Morgan fingerprint density at radius 1 is 0.418 bits per heavy atom. The van der Waals surface area contributed by atoms with Crippen LogP contribution in [0.3, 0.4) is 0 Å². The summed E-state index contributed by atoms with van der Waals surface area (Å²) in [5, 5.41) is 1.70. The third-order valence-electron chi connectivity index (χ3n) is 10.2. The molecule has 0 atom stereocenters. The van der Waals surface area contributed by atoms with Gasteiger partial charge in [0.05, 0.1) is 52.8 Å². The Kier molecular flexibility index (Phi) is 17.2. The second kappa shape index (κ2) is 23.2. The van der Waals surface area contributed by atoms with E-state index in [4.69, 9.17) is 55.6 Å². The summed E-state index contributed by atoms with van der Waals surface area (Å²) in [6.45, 7) is 11.7. The van der Waals surface area contributed by atoms with Gasteiger partial charge in [-0.05, 0) is 98.7 Å². The molecular formula is C50H54O14P2Si. The molecule has 352 valence electrons. The first-order chi connectivity index (χ1) is 32.3. The van der Waals surface area contributed by atoms with Crippen molar-refractivity contribution in [2.45, 2.75) is 40.8 Å². The number of carbonyl (C=O) groups excluding carboxylic acids is 2. The summed E-state index contributed by atoms with van der Waals surface area (Å²) in [6, 6.07) is 35.4. The third kappa shape index (κ3) is 12.4. The minimum absolute atomic E-state index is 0.165. The zero-order valence-electron chi connectivity index (χ0n) is 39.1. The van der Waals surface area contributed by atoms with Gasteiger partial charge in [-0.1, -0.05) is 49.5 Å². The van der Waals surface area contributed by atoms with Crippen molar-refractivity contribution in [3.05, 3.63) is 132 Å². The van der Waals surface area contributed by atoms with Gasteiger partial charge in [-0.2, -0.15) is 0 Å². The minimum Gasteiger partial charge on any atom is -0.497 e. The van der Waals surface area contributed by atoms with Gasteiger partial charge in [-0.25, -0.2) is 0 Å². The number of hydrogen-bond donors (Lipinski definition) is 0. The molecule has 0 radical (unpaired) electrons. The standard InChI is InChI=1S/C50H54O14P2Si/c1-11-57-41-27-23-37(55-7)31-47(41)63-66(64-48-32-38(56-8)24-28-42(48)58-12-2)60-44-18-14-16-20-50(44)67(9,10)49-19-15-13-17-43(49)59-65(61-45-29-35(53-5)21-25-39(45)33(3)51)62-46-30-36(54-6)22-26-40(46)34(4)52/h13-32H,11-12H2,1-10H3. The second-order valence-corrected chi connectivity index (χ2v) is 21.3. The van der Waals surface area contributed by atoms with Crippen molar-refractivity contribution < 1.29 is 65.2 Å². The molecule has 0 bridgehead atoms. The van der Waals surface area contributed by atoms with Crippen LogP contribution < -0.4 is 65.9 Å². The van der Waals surface area contributed by atoms with E-state index in [1.807, 2.05) is 62.4 Å². The molecule has 0 amide bonds. The highest BCUT2D eigenvalue weighted by molar-refractivity contribution is 7.43. The molecule has 0 N–H and O–H groups in total. The maximum atomic E-state index is 12.9. The molecule has 6 aromatic rings. The Hall–Kier alpha value is -6.66. The third-order valence-corrected chi connectivity index (χ3v) is 15.8. The van der Waals surface area contributed by atoms with Crippen LogP contribution in [0.25, 0.3) is 0 Å². The summed E-state index contributed by atoms with van der Waals surface area (Å²) >= 11 is 0. The summed E-state index contributed by atoms with van der Waals surface area (Å²) in [5.41, 5.74) is 0.551. The van der Waals surface area contributed by atoms with E-state index >= 15 is 0 Å². The molecule has 0 aliphatic rings. The van der Waals surface area contributed by atoms with E-state index in [0.29, 0.717) is 70.7 Å². The SMILES string of the molecule is CCOc1ccc(OC)cc1OP(Oc1cc(OC)ccc1OCC)Oc1ccccc1[Si](C)(C)c1ccccc1OP(Oc1cc(OC)ccc1C(C)=O)Oc1cc(OC)ccc1C(C)=O. The number of Topliss-reactive ketones (excluding diaryl/α,β-unsaturated/α-hetero) is 2. The first-order valence-corrected chi connectivity index (χ1v) is 26.4. The van der Waals surface area contributed by atoms with Gasteiger partial charge in [-0.3, -0.25) is 9.59 Å². The molecule has 0 unspecified atom stereocenters. The highest BCUT2D eigenvalue weighted by Gasteiger charge is 2.36. The van der Waals surface area contributed by atoms with Gasteiger partial charge < -0.3 is 55.6 Å². The first kappa shape index (κ1) is 49.8. The Bertz CT molecular complexity index is 2530. The van der Waals surface area contributed by atoms with Crippen molar-refractivity contribution in [1.29, 1.82) is 0 Å². The molecule has 0 spiro atoms. The van der Waals surface area contributed by atoms with Crippen molar-refractivity contribution in [2.75, 3.05) is 41.7 Å². The lowest BCUT2D eigenvalue weighted by Gasteiger charge is -2.29. The maximum Gasteiger partial charge on any atom is 0.530 e. The fourth-order valence-corrected chi connectivity index (χ4v) is 11.9. The second-order valence-electron chi connectivity index (χ2n) is 14.9. The first-order valence-electron chi connectivity index (χ1n) is 21.2. The fraction of sp³-hybridized carbons (Fsp3) is 0.240. The molecule has 14 nitrogen and oxygen atoms in total. The molecule has 0 aliphatic heterocycles. The quantitative estimate of drug-likeness (QED) is 0.0322. The summed E-state index contributed by atoms with van der Waals surface area (Å²) in [6.07, 6.45) is 0. The molecule has 17 heteroatoms. The summed E-state index contributed by atoms with van der Waals surface area (Å²) in [4.78, 5) is 25.8. The summed E-state index contributed by atoms with van der Waals surface area (Å²) < 4.78 is 73.9. The minimum atomic E-state index is -2.90. The molecule has 6 rings (SSSR count). The normalized spacial score (nSPS) is 11.0. The van der Waals surface area contributed by atoms with E-state index < -0.39 is 25.3 Å². The number of ketones is 2. The highest BCUT2D eigenvalue weighted by Crippen LogP contribution is 2.49. The van der Waals surface area contributed by atoms with Crippen LogP contribution in [0.4, 0.5) is 0 Å². The lowest BCUT2D eigenvalue weighted by Crippen LogP contribution is -2.53. The van der Waals surface area contributed by atoms with E-state index in [1.165, 1.54) is 28.1 Å². The zero-order valence-corrected chi connectivity index (χ0v) is 41.9. The van der Waals surface area contributed by atoms with Crippen molar-refractivity contribution in [2.24, 2.45) is 0 Å². The molecular weight excluding hydrogens is 915 g/mol. The van der Waals surface area contributed by atoms with E-state index in [-0.39, 0.29) is 34.2 Å². The van der Waals surface area contributed by atoms with Crippen LogP contribution in [-0.4, -0.2) is 61.3 Å². The lowest BCUT2D eigenvalue weighted by molar-refractivity contribution is 0.100. The Balaban J connectivity index is 1.43. The maximum absolute atomic E-state index is 12.9. The van der Waals surface area contributed by atoms with E-state index in [2.05, 4.69) is 13.1 Å². The number of carbonyl (C=O) groups is 2. The number of para-hydroxylation sites is 2. The Morgan fingerprint density at radius 2 is 0.731 bits per heavy atom. The van der Waals surface area contributed by atoms with Gasteiger partial charge in [0.25, 0.3) is 0 Å². The van der Waals surface area contributed by atoms with Crippen molar-refractivity contribution in [3.8, 4) is 69.0 Å². The predicted molar refractivity (Wildman–Crippen MR) is 262 cm³/mol. The number of methoxy groups -OCH3 is 4. The predicted octanol–water partition coefficient (Wildman–Crippen LogP) is 11.3. The molecule has 67 heavy (non-hydrogen) atoms. The number of ether oxygens (including phenoxy) is 6. The average Bonchev–Trinajstić information content (AvgIpc) is 3.32. The number of rotatable bonds is 24. The topological polar surface area (TPSA) is 145 Å². The largest absolute Gasteiger partial charge is 0.530 e. The Morgan fingerprint density at radius 3 is 1.07 bits per heavy atom. The van der Waals surface area contributed by atoms with E-state index in [9.17, 15) is 9.59 Å². The van der Waals surface area contributed by atoms with Crippen LogP contribution in [0.2, 0.25) is 13.1 Å². The average molecular weight is 969 g/mol. The highest BCUT2D eigenvalue weighted by atomic mass is 31.2. The van der Waals surface area contributed by atoms with Crippen molar-refractivity contribution in [1.82, 2.24) is 0 Å². The molecule has 0 saturated heterocycles. The van der Waals surface area contributed by atoms with Crippen LogP contribution in [0.5, 0.6) is 69.0 Å². The molecule has 0 aliphatic carbocycles. The molecule has 0 heterocycles. The number of benzene rings is 6. The van der Waals surface area contributed by atoms with Gasteiger partial charge in [0, 0.05) is 24.3 Å². The molecule has 6 aromatic carbocycles. The molecule has 0 aromatic heterocycles. The van der Waals surface area contributed by atoms with E-state index in [1.54, 1.807) is 87.0 Å². The van der Waals surface area contributed by atoms with Crippen LogP contribution in [0.15, 0.2) is 121 Å². The van der Waals surface area contributed by atoms with Crippen LogP contribution in [0, 0.1) is 0 Å². The van der Waals surface area contributed by atoms with Gasteiger partial charge >= 0.3 is 17.2 Å². The fourth-order valence-electron chi connectivity index (χ4n) is 6.78. The molecule has 0 fully saturated rings.